The van der Waals surface area contributed by atoms with E-state index in [-0.39, 0.29) is 23.3 Å². The summed E-state index contributed by atoms with van der Waals surface area (Å²) in [6, 6.07) is 19.1. The van der Waals surface area contributed by atoms with Gasteiger partial charge in [0.1, 0.15) is 18.3 Å². The number of nitrogens with zero attached hydrogens (tertiary/aromatic N) is 2. The Hall–Kier alpha value is -3.56. The maximum absolute atomic E-state index is 14.0. The van der Waals surface area contributed by atoms with Crippen molar-refractivity contribution in [3.05, 3.63) is 88.9 Å². The lowest BCUT2D eigenvalue weighted by atomic mass is 10.1. The quantitative estimate of drug-likeness (QED) is 0.283. The van der Waals surface area contributed by atoms with E-state index in [2.05, 4.69) is 5.32 Å². The molecule has 0 aliphatic heterocycles. The van der Waals surface area contributed by atoms with Gasteiger partial charge in [-0.3, -0.25) is 13.9 Å². The highest BCUT2D eigenvalue weighted by atomic mass is 35.5. The molecule has 3 rings (SSSR count). The highest BCUT2D eigenvalue weighted by Gasteiger charge is 2.32. The zero-order valence-corrected chi connectivity index (χ0v) is 25.7. The van der Waals surface area contributed by atoms with Crippen molar-refractivity contribution in [1.82, 2.24) is 10.2 Å². The Labute approximate surface area is 248 Å². The fraction of sp³-hybridized carbons (Fsp3) is 0.355. The number of anilines is 1. The minimum absolute atomic E-state index is 0.0124. The average molecular weight is 600 g/mol. The molecule has 0 fully saturated rings. The first-order valence-corrected chi connectivity index (χ1v) is 15.4. The predicted molar refractivity (Wildman–Crippen MR) is 163 cm³/mol. The lowest BCUT2D eigenvalue weighted by molar-refractivity contribution is -0.139. The van der Waals surface area contributed by atoms with Crippen molar-refractivity contribution in [3.63, 3.8) is 0 Å². The highest BCUT2D eigenvalue weighted by molar-refractivity contribution is 7.92. The van der Waals surface area contributed by atoms with Crippen LogP contribution in [0.5, 0.6) is 5.75 Å². The van der Waals surface area contributed by atoms with Crippen molar-refractivity contribution in [2.75, 3.05) is 24.0 Å². The SMILES string of the molecule is CCOc1ccc(S(=O)(=O)N(CC(=O)N(Cc2cccc(Cl)c2)[C@@H](C)C(=O)NCC(C)C)c2ccc(C)cc2)cc1. The molecule has 0 saturated heterocycles. The van der Waals surface area contributed by atoms with E-state index in [0.29, 0.717) is 35.2 Å². The smallest absolute Gasteiger partial charge is 0.264 e. The summed E-state index contributed by atoms with van der Waals surface area (Å²) in [4.78, 5) is 28.4. The second-order valence-electron chi connectivity index (χ2n) is 10.2. The molecule has 3 aromatic carbocycles. The number of hydrogen-bond donors (Lipinski definition) is 1. The molecule has 0 aliphatic rings. The van der Waals surface area contributed by atoms with Crippen molar-refractivity contribution < 1.29 is 22.7 Å². The molecule has 8 nitrogen and oxygen atoms in total. The van der Waals surface area contributed by atoms with E-state index in [1.165, 1.54) is 17.0 Å². The summed E-state index contributed by atoms with van der Waals surface area (Å²) in [5, 5.41) is 3.37. The molecule has 0 aliphatic carbocycles. The van der Waals surface area contributed by atoms with Crippen LogP contribution in [0, 0.1) is 12.8 Å². The number of rotatable bonds is 13. The lowest BCUT2D eigenvalue weighted by Crippen LogP contribution is -2.51. The minimum Gasteiger partial charge on any atom is -0.494 e. The largest absolute Gasteiger partial charge is 0.494 e. The van der Waals surface area contributed by atoms with Gasteiger partial charge in [0.2, 0.25) is 11.8 Å². The summed E-state index contributed by atoms with van der Waals surface area (Å²) < 4.78 is 34.4. The van der Waals surface area contributed by atoms with Crippen LogP contribution >= 0.6 is 11.6 Å². The molecule has 0 radical (unpaired) electrons. The van der Waals surface area contributed by atoms with Crippen molar-refractivity contribution in [2.24, 2.45) is 5.92 Å². The molecule has 0 spiro atoms. The third-order valence-corrected chi connectivity index (χ3v) is 8.44. The van der Waals surface area contributed by atoms with Crippen molar-refractivity contribution in [2.45, 2.75) is 52.1 Å². The predicted octanol–water partition coefficient (Wildman–Crippen LogP) is 5.43. The number of benzene rings is 3. The summed E-state index contributed by atoms with van der Waals surface area (Å²) in [7, 11) is -4.17. The Kier molecular flexibility index (Phi) is 11.2. The van der Waals surface area contributed by atoms with Crippen LogP contribution in [0.15, 0.2) is 77.7 Å². The van der Waals surface area contributed by atoms with Crippen LogP contribution in [0.4, 0.5) is 5.69 Å². The number of carbonyl (C=O) groups is 2. The van der Waals surface area contributed by atoms with Gasteiger partial charge in [-0.15, -0.1) is 0 Å². The summed E-state index contributed by atoms with van der Waals surface area (Å²) in [5.74, 6) is -0.101. The van der Waals surface area contributed by atoms with E-state index in [4.69, 9.17) is 16.3 Å². The summed E-state index contributed by atoms with van der Waals surface area (Å²) in [5.41, 5.74) is 1.99. The van der Waals surface area contributed by atoms with E-state index >= 15 is 0 Å². The molecular formula is C31H38ClN3O5S. The number of ether oxygens (including phenoxy) is 1. The molecule has 1 N–H and O–H groups in total. The van der Waals surface area contributed by atoms with E-state index in [9.17, 15) is 18.0 Å². The van der Waals surface area contributed by atoms with Crippen LogP contribution in [-0.2, 0) is 26.2 Å². The molecule has 41 heavy (non-hydrogen) atoms. The first kappa shape index (κ1) is 32.0. The fourth-order valence-electron chi connectivity index (χ4n) is 4.11. The number of nitrogens with one attached hydrogen (secondary N) is 1. The van der Waals surface area contributed by atoms with Crippen LogP contribution in [0.3, 0.4) is 0 Å². The normalized spacial score (nSPS) is 12.1. The first-order chi connectivity index (χ1) is 19.4. The molecule has 3 aromatic rings. The summed E-state index contributed by atoms with van der Waals surface area (Å²) in [6.45, 7) is 9.78. The second kappa shape index (κ2) is 14.4. The second-order valence-corrected chi connectivity index (χ2v) is 12.5. The van der Waals surface area contributed by atoms with E-state index in [1.807, 2.05) is 27.7 Å². The van der Waals surface area contributed by atoms with Gasteiger partial charge in [-0.05, 0) is 80.8 Å². The Morgan fingerprint density at radius 1 is 0.976 bits per heavy atom. The van der Waals surface area contributed by atoms with Gasteiger partial charge in [0.15, 0.2) is 0 Å². The zero-order valence-electron chi connectivity index (χ0n) is 24.1. The Bertz CT molecular complexity index is 1430. The molecular weight excluding hydrogens is 562 g/mol. The minimum atomic E-state index is -4.17. The van der Waals surface area contributed by atoms with Crippen LogP contribution < -0.4 is 14.4 Å². The van der Waals surface area contributed by atoms with Crippen LogP contribution in [0.25, 0.3) is 0 Å². The van der Waals surface area contributed by atoms with Crippen molar-refractivity contribution >= 4 is 39.1 Å². The first-order valence-electron chi connectivity index (χ1n) is 13.6. The Morgan fingerprint density at radius 3 is 2.22 bits per heavy atom. The molecule has 0 aromatic heterocycles. The number of amides is 2. The maximum Gasteiger partial charge on any atom is 0.264 e. The molecule has 0 heterocycles. The lowest BCUT2D eigenvalue weighted by Gasteiger charge is -2.32. The fourth-order valence-corrected chi connectivity index (χ4v) is 5.74. The van der Waals surface area contributed by atoms with Gasteiger partial charge < -0.3 is 15.0 Å². The monoisotopic (exact) mass is 599 g/mol. The third-order valence-electron chi connectivity index (χ3n) is 6.42. The maximum atomic E-state index is 14.0. The van der Waals surface area contributed by atoms with E-state index < -0.39 is 28.5 Å². The zero-order chi connectivity index (χ0) is 30.2. The third kappa shape index (κ3) is 8.71. The van der Waals surface area contributed by atoms with Crippen molar-refractivity contribution in [1.29, 1.82) is 0 Å². The van der Waals surface area contributed by atoms with Crippen LogP contribution in [0.2, 0.25) is 5.02 Å². The van der Waals surface area contributed by atoms with Gasteiger partial charge in [0, 0.05) is 18.1 Å². The van der Waals surface area contributed by atoms with Gasteiger partial charge in [0.25, 0.3) is 10.0 Å². The number of hydrogen-bond acceptors (Lipinski definition) is 5. The van der Waals surface area contributed by atoms with Gasteiger partial charge in [0.05, 0.1) is 17.2 Å². The number of sulfonamides is 1. The van der Waals surface area contributed by atoms with Crippen molar-refractivity contribution in [3.8, 4) is 5.75 Å². The molecule has 0 bridgehead atoms. The topological polar surface area (TPSA) is 96.0 Å². The number of aryl methyl sites for hydroxylation is 1. The number of halogens is 1. The van der Waals surface area contributed by atoms with Gasteiger partial charge in [-0.1, -0.05) is 55.3 Å². The highest BCUT2D eigenvalue weighted by Crippen LogP contribution is 2.26. The molecule has 0 unspecified atom stereocenters. The Balaban J connectivity index is 2.00. The summed E-state index contributed by atoms with van der Waals surface area (Å²) in [6.07, 6.45) is 0. The molecule has 220 valence electrons. The molecule has 10 heteroatoms. The standard InChI is InChI=1S/C31H38ClN3O5S/c1-6-40-28-14-16-29(17-15-28)41(38,39)35(27-12-10-23(4)11-13-27)21-30(36)34(20-25-8-7-9-26(32)18-25)24(5)31(37)33-19-22(2)3/h7-18,22,24H,6,19-21H2,1-5H3,(H,33,37)/t24-/m0/s1. The van der Waals surface area contributed by atoms with Crippen LogP contribution in [0.1, 0.15) is 38.8 Å². The molecule has 1 atom stereocenters. The van der Waals surface area contributed by atoms with Gasteiger partial charge >= 0.3 is 0 Å². The van der Waals surface area contributed by atoms with E-state index in [1.54, 1.807) is 67.6 Å². The van der Waals surface area contributed by atoms with Gasteiger partial charge in [-0.25, -0.2) is 8.42 Å². The van der Waals surface area contributed by atoms with E-state index in [0.717, 1.165) is 9.87 Å². The van der Waals surface area contributed by atoms with Crippen LogP contribution in [-0.4, -0.2) is 50.9 Å². The molecule has 0 saturated carbocycles. The number of carbonyl (C=O) groups excluding carboxylic acids is 2. The molecule has 2 amide bonds. The van der Waals surface area contributed by atoms with Gasteiger partial charge in [-0.2, -0.15) is 0 Å². The average Bonchev–Trinajstić information content (AvgIpc) is 2.94. The Morgan fingerprint density at radius 2 is 1.63 bits per heavy atom. The summed E-state index contributed by atoms with van der Waals surface area (Å²) >= 11 is 6.19.